The van der Waals surface area contributed by atoms with Gasteiger partial charge in [-0.05, 0) is 18.1 Å². The highest BCUT2D eigenvalue weighted by Crippen LogP contribution is 2.36. The molecule has 182 valence electrons. The number of rotatable bonds is 10. The van der Waals surface area contributed by atoms with Gasteiger partial charge in [-0.2, -0.15) is 4.31 Å². The van der Waals surface area contributed by atoms with E-state index in [1.54, 1.807) is 12.4 Å². The SMILES string of the molecule is C#Cc1cc([N+](=O)[O-])cc(S(=O)(=O)N2CCN(Cc3cccnc3)CC2)c1N(CCC)CCBr. The number of anilines is 1. The van der Waals surface area contributed by atoms with Crippen LogP contribution in [-0.4, -0.2) is 72.1 Å². The standard InChI is InChI=1S/C23H28BrN5O4S/c1-3-9-27(10-7-24)23-20(4-2)15-21(29(30)31)16-22(23)34(32,33)28-13-11-26(12-14-28)18-19-6-5-8-25-17-19/h2,5-6,8,15-17H,3,7,9-14,18H2,1H3. The smallest absolute Gasteiger partial charge is 0.272 e. The Bertz CT molecular complexity index is 1140. The minimum atomic E-state index is -4.02. The molecule has 2 heterocycles. The molecule has 0 unspecified atom stereocenters. The molecule has 1 saturated heterocycles. The van der Waals surface area contributed by atoms with Gasteiger partial charge in [-0.1, -0.05) is 34.8 Å². The van der Waals surface area contributed by atoms with Crippen molar-refractivity contribution in [2.24, 2.45) is 0 Å². The number of aromatic nitrogens is 1. The summed E-state index contributed by atoms with van der Waals surface area (Å²) in [5.74, 6) is 2.48. The molecule has 34 heavy (non-hydrogen) atoms. The number of nitro benzene ring substituents is 1. The van der Waals surface area contributed by atoms with Gasteiger partial charge in [0.05, 0.1) is 16.2 Å². The van der Waals surface area contributed by atoms with Crippen LogP contribution in [0.2, 0.25) is 0 Å². The van der Waals surface area contributed by atoms with E-state index in [-0.39, 0.29) is 29.2 Å². The molecule has 0 amide bonds. The van der Waals surface area contributed by atoms with Crippen molar-refractivity contribution in [1.29, 1.82) is 0 Å². The van der Waals surface area contributed by atoms with Gasteiger partial charge in [-0.15, -0.1) is 6.42 Å². The van der Waals surface area contributed by atoms with Crippen molar-refractivity contribution >= 4 is 37.3 Å². The topological polar surface area (TPSA) is 99.9 Å². The predicted molar refractivity (Wildman–Crippen MR) is 136 cm³/mol. The Hall–Kier alpha value is -2.52. The molecule has 2 aromatic rings. The Kier molecular flexibility index (Phi) is 9.02. The number of benzene rings is 1. The number of nitrogens with zero attached hydrogens (tertiary/aromatic N) is 5. The molecule has 1 aliphatic rings. The summed E-state index contributed by atoms with van der Waals surface area (Å²) in [6, 6.07) is 6.28. The fourth-order valence-electron chi connectivity index (χ4n) is 4.06. The molecule has 0 spiro atoms. The lowest BCUT2D eigenvalue weighted by Gasteiger charge is -2.35. The molecule has 0 saturated carbocycles. The molecule has 1 aromatic carbocycles. The lowest BCUT2D eigenvalue weighted by molar-refractivity contribution is -0.385. The molecule has 0 bridgehead atoms. The zero-order chi connectivity index (χ0) is 24.7. The van der Waals surface area contributed by atoms with Crippen molar-refractivity contribution in [2.75, 3.05) is 49.5 Å². The van der Waals surface area contributed by atoms with Crippen LogP contribution in [-0.2, 0) is 16.6 Å². The van der Waals surface area contributed by atoms with Crippen LogP contribution in [0.1, 0.15) is 24.5 Å². The Morgan fingerprint density at radius 3 is 2.56 bits per heavy atom. The Morgan fingerprint density at radius 2 is 2.00 bits per heavy atom. The molecule has 11 heteroatoms. The van der Waals surface area contributed by atoms with Gasteiger partial charge >= 0.3 is 0 Å². The Labute approximate surface area is 209 Å². The van der Waals surface area contributed by atoms with Gasteiger partial charge in [-0.25, -0.2) is 8.42 Å². The first-order valence-electron chi connectivity index (χ1n) is 11.0. The van der Waals surface area contributed by atoms with Crippen molar-refractivity contribution in [3.63, 3.8) is 0 Å². The zero-order valence-corrected chi connectivity index (χ0v) is 21.5. The molecule has 9 nitrogen and oxygen atoms in total. The van der Waals surface area contributed by atoms with Crippen LogP contribution in [0.3, 0.4) is 0 Å². The Balaban J connectivity index is 1.95. The summed E-state index contributed by atoms with van der Waals surface area (Å²) in [5, 5.41) is 12.2. The Morgan fingerprint density at radius 1 is 1.26 bits per heavy atom. The van der Waals surface area contributed by atoms with Crippen molar-refractivity contribution in [3.8, 4) is 12.3 Å². The number of halogens is 1. The molecule has 0 N–H and O–H groups in total. The molecular weight excluding hydrogens is 522 g/mol. The summed E-state index contributed by atoms with van der Waals surface area (Å²) in [6.45, 7) is 5.39. The highest BCUT2D eigenvalue weighted by Gasteiger charge is 2.34. The highest BCUT2D eigenvalue weighted by molar-refractivity contribution is 9.09. The van der Waals surface area contributed by atoms with Crippen molar-refractivity contribution in [3.05, 3.63) is 57.9 Å². The van der Waals surface area contributed by atoms with Gasteiger partial charge < -0.3 is 4.90 Å². The molecule has 1 aliphatic heterocycles. The number of nitro groups is 1. The number of pyridine rings is 1. The third kappa shape index (κ3) is 5.93. The number of non-ortho nitro benzene ring substituents is 1. The van der Waals surface area contributed by atoms with E-state index < -0.39 is 14.9 Å². The number of terminal acetylenes is 1. The molecule has 0 radical (unpaired) electrons. The van der Waals surface area contributed by atoms with E-state index in [1.165, 1.54) is 10.4 Å². The number of hydrogen-bond donors (Lipinski definition) is 0. The van der Waals surface area contributed by atoms with E-state index in [4.69, 9.17) is 6.42 Å². The quantitative estimate of drug-likeness (QED) is 0.194. The van der Waals surface area contributed by atoms with Gasteiger partial charge in [0.15, 0.2) is 0 Å². The summed E-state index contributed by atoms with van der Waals surface area (Å²) in [4.78, 5) is 19.0. The van der Waals surface area contributed by atoms with Crippen LogP contribution in [0.5, 0.6) is 0 Å². The number of piperazine rings is 1. The van der Waals surface area contributed by atoms with E-state index in [0.717, 1.165) is 18.1 Å². The number of hydrogen-bond acceptors (Lipinski definition) is 7. The van der Waals surface area contributed by atoms with Crippen LogP contribution in [0.4, 0.5) is 11.4 Å². The minimum Gasteiger partial charge on any atom is -0.369 e. The third-order valence-electron chi connectivity index (χ3n) is 5.67. The fraction of sp³-hybridized carbons (Fsp3) is 0.435. The molecule has 0 aliphatic carbocycles. The van der Waals surface area contributed by atoms with Crippen LogP contribution < -0.4 is 4.90 Å². The number of sulfonamides is 1. The van der Waals surface area contributed by atoms with Gasteiger partial charge in [-0.3, -0.25) is 20.0 Å². The second-order valence-electron chi connectivity index (χ2n) is 7.96. The van der Waals surface area contributed by atoms with Gasteiger partial charge in [0.2, 0.25) is 10.0 Å². The van der Waals surface area contributed by atoms with Crippen LogP contribution in [0, 0.1) is 22.5 Å². The lowest BCUT2D eigenvalue weighted by Crippen LogP contribution is -2.48. The van der Waals surface area contributed by atoms with E-state index in [1.807, 2.05) is 24.0 Å². The highest BCUT2D eigenvalue weighted by atomic mass is 79.9. The van der Waals surface area contributed by atoms with Crippen molar-refractivity contribution in [1.82, 2.24) is 14.2 Å². The first-order chi connectivity index (χ1) is 16.3. The summed E-state index contributed by atoms with van der Waals surface area (Å²) < 4.78 is 29.0. The summed E-state index contributed by atoms with van der Waals surface area (Å²) in [6.07, 6.45) is 9.98. The summed E-state index contributed by atoms with van der Waals surface area (Å²) in [5.41, 5.74) is 1.29. The van der Waals surface area contributed by atoms with Crippen molar-refractivity contribution in [2.45, 2.75) is 24.8 Å². The third-order valence-corrected chi connectivity index (χ3v) is 7.93. The van der Waals surface area contributed by atoms with E-state index in [2.05, 4.69) is 31.7 Å². The monoisotopic (exact) mass is 549 g/mol. The lowest BCUT2D eigenvalue weighted by atomic mass is 10.1. The molecule has 1 aromatic heterocycles. The second kappa shape index (κ2) is 11.8. The van der Waals surface area contributed by atoms with Crippen LogP contribution in [0.15, 0.2) is 41.6 Å². The largest absolute Gasteiger partial charge is 0.369 e. The van der Waals surface area contributed by atoms with E-state index >= 15 is 0 Å². The first-order valence-corrected chi connectivity index (χ1v) is 13.6. The number of alkyl halides is 1. The van der Waals surface area contributed by atoms with Crippen LogP contribution >= 0.6 is 15.9 Å². The second-order valence-corrected chi connectivity index (χ2v) is 10.7. The molecular formula is C23H28BrN5O4S. The molecule has 1 fully saturated rings. The van der Waals surface area contributed by atoms with Gasteiger partial charge in [0, 0.05) is 75.7 Å². The predicted octanol–water partition coefficient (Wildman–Crippen LogP) is 3.09. The fourth-order valence-corrected chi connectivity index (χ4v) is 6.16. The summed E-state index contributed by atoms with van der Waals surface area (Å²) in [7, 11) is -4.02. The maximum absolute atomic E-state index is 13.8. The minimum absolute atomic E-state index is 0.107. The molecule has 3 rings (SSSR count). The maximum Gasteiger partial charge on any atom is 0.272 e. The zero-order valence-electron chi connectivity index (χ0n) is 19.1. The first kappa shape index (κ1) is 26.1. The molecule has 0 atom stereocenters. The normalized spacial score (nSPS) is 15.1. The van der Waals surface area contributed by atoms with Gasteiger partial charge in [0.1, 0.15) is 4.90 Å². The average molecular weight is 550 g/mol. The van der Waals surface area contributed by atoms with E-state index in [9.17, 15) is 18.5 Å². The van der Waals surface area contributed by atoms with Gasteiger partial charge in [0.25, 0.3) is 5.69 Å². The average Bonchev–Trinajstić information content (AvgIpc) is 2.84. The van der Waals surface area contributed by atoms with E-state index in [0.29, 0.717) is 43.7 Å². The van der Waals surface area contributed by atoms with Crippen LogP contribution in [0.25, 0.3) is 0 Å². The van der Waals surface area contributed by atoms with Crippen molar-refractivity contribution < 1.29 is 13.3 Å². The summed E-state index contributed by atoms with van der Waals surface area (Å²) >= 11 is 3.42. The maximum atomic E-state index is 13.8.